The van der Waals surface area contributed by atoms with Gasteiger partial charge in [0.1, 0.15) is 0 Å². The molecule has 1 heteroatoms. The summed E-state index contributed by atoms with van der Waals surface area (Å²) in [5.41, 5.74) is 1.45. The summed E-state index contributed by atoms with van der Waals surface area (Å²) in [4.78, 5) is 0. The number of hydrogen-bond donors (Lipinski definition) is 0. The maximum atomic E-state index is 4.90. The molecule has 0 fully saturated rings. The first-order valence-corrected chi connectivity index (χ1v) is 6.34. The monoisotopic (exact) mass is 534 g/mol. The molecular formula is C19H39Rf-. The van der Waals surface area contributed by atoms with E-state index in [1.807, 2.05) is 20.8 Å². The van der Waals surface area contributed by atoms with Crippen molar-refractivity contribution in [1.82, 2.24) is 0 Å². The maximum absolute atomic E-state index is 4.90. The van der Waals surface area contributed by atoms with E-state index in [0.717, 1.165) is 6.42 Å². The van der Waals surface area contributed by atoms with Crippen LogP contribution in [0.5, 0.6) is 0 Å². The Morgan fingerprint density at radius 1 is 1.00 bits per heavy atom. The molecule has 1 aromatic carbocycles. The smallest absolute Gasteiger partial charge is 0 e. The molecule has 0 amide bonds. The van der Waals surface area contributed by atoms with Crippen molar-refractivity contribution in [3.05, 3.63) is 48.6 Å². The van der Waals surface area contributed by atoms with Crippen LogP contribution in [0.2, 0.25) is 0 Å². The van der Waals surface area contributed by atoms with Gasteiger partial charge in [-0.25, -0.2) is 0 Å². The molecule has 0 saturated heterocycles. The normalized spacial score (nSPS) is 8.05. The molecule has 1 atom stereocenters. The molecule has 0 bridgehead atoms. The molecule has 0 radical (unpaired) electrons. The van der Waals surface area contributed by atoms with Gasteiger partial charge in [-0.3, -0.25) is 6.08 Å². The summed E-state index contributed by atoms with van der Waals surface area (Å²) < 4.78 is 0. The van der Waals surface area contributed by atoms with Gasteiger partial charge in [-0.05, 0) is 17.9 Å². The number of benzene rings is 1. The topological polar surface area (TPSA) is 0 Å². The Hall–Kier alpha value is -2.04. The summed E-state index contributed by atoms with van der Waals surface area (Å²) >= 11 is 0. The van der Waals surface area contributed by atoms with Gasteiger partial charge in [0.05, 0.1) is 0 Å². The summed E-state index contributed by atoms with van der Waals surface area (Å²) in [6.07, 6.45) is 3.82. The molecule has 0 heterocycles. The Morgan fingerprint density at radius 2 is 1.35 bits per heavy atom. The van der Waals surface area contributed by atoms with Crippen LogP contribution in [0.3, 0.4) is 0 Å². The molecule has 0 aliphatic heterocycles. The first kappa shape index (κ1) is 36.1. The van der Waals surface area contributed by atoms with Gasteiger partial charge in [0.25, 0.3) is 0 Å². The first-order chi connectivity index (χ1) is 7.76. The van der Waals surface area contributed by atoms with Crippen LogP contribution >= 0.6 is 0 Å². The van der Waals surface area contributed by atoms with E-state index in [0.29, 0.717) is 5.92 Å². The molecule has 1 aromatic rings. The van der Waals surface area contributed by atoms with Crippen molar-refractivity contribution in [3.63, 3.8) is 0 Å². The van der Waals surface area contributed by atoms with Crippen LogP contribution in [-0.2, 0) is 0 Å². The van der Waals surface area contributed by atoms with Gasteiger partial charge in [-0.1, -0.05) is 93.7 Å². The minimum atomic E-state index is 0. The zero-order valence-corrected chi connectivity index (χ0v) is 18.6. The number of allylic oxidation sites excluding steroid dienone is 1. The third-order valence-electron chi connectivity index (χ3n) is 2.22. The van der Waals surface area contributed by atoms with Crippen LogP contribution in [-0.4, -0.2) is 0 Å². The predicted molar refractivity (Wildman–Crippen MR) is 95.9 cm³/mol. The average Bonchev–Trinajstić information content (AvgIpc) is 2.41. The summed E-state index contributed by atoms with van der Waals surface area (Å²) in [6.45, 7) is 15.4. The minimum Gasteiger partial charge on any atom is -0.518 e. The third kappa shape index (κ3) is 21.3. The molecule has 0 aromatic heterocycles. The summed E-state index contributed by atoms with van der Waals surface area (Å²) in [7, 11) is 0. The van der Waals surface area contributed by atoms with Crippen LogP contribution < -0.4 is 0 Å². The van der Waals surface area contributed by atoms with Crippen LogP contribution in [0.4, 0.5) is 0 Å². The summed E-state index contributed by atoms with van der Waals surface area (Å²) in [5, 5.41) is 0. The first-order valence-electron chi connectivity index (χ1n) is 6.34. The zero-order chi connectivity index (χ0) is 12.8. The molecule has 1 rings (SSSR count). The molecule has 0 saturated carbocycles. The standard InChI is InChI=1S/C10H14.C4H7.C2H6.3CH4.Rf/c1-3-9(2)10-7-5-4-6-8-10;1-3-4-2;1-2;;;;/h4-9H,3H2,1-2H3;1,3H,4H2,2H3;1-2H3;3*1H4;/q;-1;;;;;. The number of rotatable bonds is 3. The van der Waals surface area contributed by atoms with E-state index in [1.54, 1.807) is 6.08 Å². The van der Waals surface area contributed by atoms with Crippen molar-refractivity contribution >= 4 is 0 Å². The van der Waals surface area contributed by atoms with Crippen molar-refractivity contribution in [2.75, 3.05) is 0 Å². The van der Waals surface area contributed by atoms with Crippen molar-refractivity contribution < 1.29 is 0 Å². The maximum Gasteiger partial charge on any atom is 0 e. The van der Waals surface area contributed by atoms with Crippen molar-refractivity contribution in [2.45, 2.75) is 75.7 Å². The Labute approximate surface area is 125 Å². The van der Waals surface area contributed by atoms with Crippen LogP contribution in [0, 0.1) is 6.58 Å². The van der Waals surface area contributed by atoms with Gasteiger partial charge in [0.2, 0.25) is 0 Å². The van der Waals surface area contributed by atoms with Gasteiger partial charge in [-0.15, -0.1) is 0 Å². The molecule has 20 heavy (non-hydrogen) atoms. The second-order valence-electron chi connectivity index (χ2n) is 3.36. The predicted octanol–water partition coefficient (Wildman–Crippen LogP) is 7.52. The molecule has 0 N–H and O–H groups in total. The fourth-order valence-electron chi connectivity index (χ4n) is 1.02. The van der Waals surface area contributed by atoms with Crippen LogP contribution in [0.15, 0.2) is 36.4 Å². The molecular weight excluding hydrogens is 495 g/mol. The zero-order valence-electron chi connectivity index (χ0n) is 12.2. The van der Waals surface area contributed by atoms with Crippen LogP contribution in [0.1, 0.15) is 81.2 Å². The minimum absolute atomic E-state index is 0. The van der Waals surface area contributed by atoms with E-state index in [4.69, 9.17) is 6.58 Å². The van der Waals surface area contributed by atoms with Gasteiger partial charge in [-0.2, -0.15) is 0 Å². The van der Waals surface area contributed by atoms with E-state index in [2.05, 4.69) is 44.2 Å². The van der Waals surface area contributed by atoms with E-state index >= 15 is 0 Å². The largest absolute Gasteiger partial charge is 0.518 e. The number of hydrogen-bond acceptors (Lipinski definition) is 0. The molecule has 0 aliphatic carbocycles. The molecule has 0 nitrogen and oxygen atoms in total. The van der Waals surface area contributed by atoms with Crippen molar-refractivity contribution in [1.29, 1.82) is 0 Å². The van der Waals surface area contributed by atoms with Gasteiger partial charge >= 0.3 is 0 Å². The average molecular weight is 535 g/mol. The van der Waals surface area contributed by atoms with E-state index in [1.165, 1.54) is 12.0 Å². The molecule has 0 spiro atoms. The molecule has 118 valence electrons. The Bertz CT molecular complexity index is 229. The van der Waals surface area contributed by atoms with E-state index in [-0.39, 0.29) is 22.3 Å². The summed E-state index contributed by atoms with van der Waals surface area (Å²) in [5.74, 6) is 0.709. The quantitative estimate of drug-likeness (QED) is 0.352. The Kier molecular flexibility index (Phi) is 54.5. The Balaban J connectivity index is -0.0000000435. The third-order valence-corrected chi connectivity index (χ3v) is 2.22. The Morgan fingerprint density at radius 3 is 1.60 bits per heavy atom. The van der Waals surface area contributed by atoms with Gasteiger partial charge in [0, 0.05) is 0 Å². The van der Waals surface area contributed by atoms with Gasteiger partial charge in [0.15, 0.2) is 0 Å². The van der Waals surface area contributed by atoms with Crippen molar-refractivity contribution in [2.24, 2.45) is 0 Å². The molecule has 0 aliphatic rings. The fourth-order valence-corrected chi connectivity index (χ4v) is 1.02. The van der Waals surface area contributed by atoms with E-state index in [9.17, 15) is 0 Å². The van der Waals surface area contributed by atoms with Crippen molar-refractivity contribution in [3.8, 4) is 0 Å². The summed E-state index contributed by atoms with van der Waals surface area (Å²) in [6, 6.07) is 10.6. The molecule has 1 unspecified atom stereocenters. The van der Waals surface area contributed by atoms with Gasteiger partial charge < -0.3 is 6.58 Å². The second kappa shape index (κ2) is 30.2. The second-order valence-corrected chi connectivity index (χ2v) is 3.36. The SMILES string of the molecule is C.C.C.CC.CCC(C)c1ccccc1.[CH-]=CCC.[Rf]. The van der Waals surface area contributed by atoms with E-state index < -0.39 is 0 Å². The van der Waals surface area contributed by atoms with Crippen LogP contribution in [0.25, 0.3) is 0 Å². The fraction of sp³-hybridized carbons (Fsp3) is 0.579.